The third-order valence-electron chi connectivity index (χ3n) is 8.68. The number of hydrogen-bond acceptors (Lipinski definition) is 4. The van der Waals surface area contributed by atoms with Crippen molar-refractivity contribution in [2.45, 2.75) is 6.23 Å². The van der Waals surface area contributed by atoms with Crippen molar-refractivity contribution in [3.05, 3.63) is 157 Å². The number of rotatable bonds is 4. The van der Waals surface area contributed by atoms with E-state index in [4.69, 9.17) is 14.7 Å². The molecule has 8 aromatic rings. The van der Waals surface area contributed by atoms with Crippen molar-refractivity contribution in [1.82, 2.24) is 9.97 Å². The first-order valence-corrected chi connectivity index (χ1v) is 15.2. The quantitative estimate of drug-likeness (QED) is 0.211. The number of aromatic nitrogens is 2. The predicted molar refractivity (Wildman–Crippen MR) is 184 cm³/mol. The molecule has 0 spiro atoms. The van der Waals surface area contributed by atoms with E-state index in [-0.39, 0.29) is 6.23 Å². The molecule has 0 aliphatic carbocycles. The van der Waals surface area contributed by atoms with Gasteiger partial charge in [0.1, 0.15) is 0 Å². The number of hydrogen-bond donors (Lipinski definition) is 1. The van der Waals surface area contributed by atoms with Crippen LogP contribution in [-0.4, -0.2) is 9.97 Å². The second-order valence-electron chi connectivity index (χ2n) is 11.5. The number of fused-ring (bicyclic) bond motifs is 6. The fourth-order valence-corrected chi connectivity index (χ4v) is 6.40. The van der Waals surface area contributed by atoms with Crippen molar-refractivity contribution in [1.29, 1.82) is 0 Å². The van der Waals surface area contributed by atoms with Crippen LogP contribution in [0.25, 0.3) is 66.2 Å². The largest absolute Gasteiger partial charge is 0.464 e. The van der Waals surface area contributed by atoms with E-state index >= 15 is 0 Å². The molecule has 0 radical (unpaired) electrons. The van der Waals surface area contributed by atoms with Crippen LogP contribution in [0.15, 0.2) is 152 Å². The van der Waals surface area contributed by atoms with Crippen LogP contribution in [-0.2, 0) is 0 Å². The molecule has 212 valence electrons. The molecular weight excluding hydrogens is 550 g/mol. The number of ether oxygens (including phenoxy) is 1. The summed E-state index contributed by atoms with van der Waals surface area (Å²) in [5.74, 6) is 1.59. The summed E-state index contributed by atoms with van der Waals surface area (Å²) in [6, 6.07) is 52.8. The topological polar surface area (TPSA) is 47.0 Å². The van der Waals surface area contributed by atoms with Crippen LogP contribution in [0.4, 0.5) is 5.69 Å². The van der Waals surface area contributed by atoms with Crippen molar-refractivity contribution in [2.24, 2.45) is 0 Å². The summed E-state index contributed by atoms with van der Waals surface area (Å²) in [6.07, 6.45) is -0.219. The van der Waals surface area contributed by atoms with E-state index in [0.29, 0.717) is 5.82 Å². The zero-order valence-electron chi connectivity index (χ0n) is 24.3. The van der Waals surface area contributed by atoms with Crippen LogP contribution in [0.1, 0.15) is 11.8 Å². The molecule has 0 saturated carbocycles. The van der Waals surface area contributed by atoms with Gasteiger partial charge in [-0.1, -0.05) is 127 Å². The van der Waals surface area contributed by atoms with Gasteiger partial charge in [0.05, 0.1) is 17.1 Å². The Hall–Kier alpha value is -6.00. The Labute approximate surface area is 260 Å². The van der Waals surface area contributed by atoms with Crippen molar-refractivity contribution in [3.63, 3.8) is 0 Å². The third kappa shape index (κ3) is 4.47. The van der Waals surface area contributed by atoms with E-state index in [9.17, 15) is 0 Å². The van der Waals surface area contributed by atoms with Gasteiger partial charge in [0.25, 0.3) is 0 Å². The van der Waals surface area contributed by atoms with Crippen LogP contribution < -0.4 is 10.1 Å². The molecule has 1 unspecified atom stereocenters. The molecule has 0 fully saturated rings. The number of nitrogens with one attached hydrogen (secondary N) is 1. The van der Waals surface area contributed by atoms with Gasteiger partial charge in [-0.2, -0.15) is 0 Å². The van der Waals surface area contributed by atoms with E-state index in [1.165, 1.54) is 10.8 Å². The maximum absolute atomic E-state index is 6.55. The molecule has 0 amide bonds. The van der Waals surface area contributed by atoms with Crippen LogP contribution in [0.3, 0.4) is 0 Å². The zero-order valence-corrected chi connectivity index (χ0v) is 24.3. The molecule has 7 aromatic carbocycles. The van der Waals surface area contributed by atoms with Gasteiger partial charge in [-0.3, -0.25) is 0 Å². The highest BCUT2D eigenvalue weighted by Gasteiger charge is 2.26. The molecule has 1 aliphatic heterocycles. The van der Waals surface area contributed by atoms with Crippen LogP contribution in [0.2, 0.25) is 0 Å². The van der Waals surface area contributed by atoms with Gasteiger partial charge in [-0.25, -0.2) is 9.97 Å². The summed E-state index contributed by atoms with van der Waals surface area (Å²) >= 11 is 0. The maximum atomic E-state index is 6.55. The SMILES string of the molecule is c1ccc(-c2cc(-c3ccc4ccccc4c3)nc(-c3ccc4c(ccc5ccc6c(c54)OC(c4ccccc4)N6)c3)n2)cc1. The Morgan fingerprint density at radius 3 is 1.98 bits per heavy atom. The van der Waals surface area contributed by atoms with E-state index in [2.05, 4.69) is 121 Å². The normalized spacial score (nSPS) is 13.9. The molecule has 1 aliphatic rings. The smallest absolute Gasteiger partial charge is 0.196 e. The minimum absolute atomic E-state index is 0.219. The standard InChI is InChI=1S/C41H27N3O/c1-3-10-27(11-4-1)36-25-37(32-18-15-26-9-7-8-14-30(26)23-32)43-40(42-36)33-19-21-34-31(24-33)17-16-28-20-22-35-39(38(28)34)45-41(44-35)29-12-5-2-6-13-29/h1-25,41,44H. The van der Waals surface area contributed by atoms with Gasteiger partial charge >= 0.3 is 0 Å². The highest BCUT2D eigenvalue weighted by Crippen LogP contribution is 2.46. The average molecular weight is 578 g/mol. The number of benzene rings is 7. The number of anilines is 1. The van der Waals surface area contributed by atoms with E-state index in [1.54, 1.807) is 0 Å². The van der Waals surface area contributed by atoms with Gasteiger partial charge < -0.3 is 10.1 Å². The summed E-state index contributed by atoms with van der Waals surface area (Å²) in [5, 5.41) is 10.5. The number of nitrogens with zero attached hydrogens (tertiary/aromatic N) is 2. The molecule has 2 heterocycles. The Kier molecular flexibility index (Phi) is 5.85. The first-order chi connectivity index (χ1) is 22.3. The molecule has 1 atom stereocenters. The molecule has 1 aromatic heterocycles. The van der Waals surface area contributed by atoms with Gasteiger partial charge in [-0.15, -0.1) is 0 Å². The third-order valence-corrected chi connectivity index (χ3v) is 8.68. The first-order valence-electron chi connectivity index (χ1n) is 15.2. The van der Waals surface area contributed by atoms with E-state index < -0.39 is 0 Å². The minimum atomic E-state index is -0.219. The second kappa shape index (κ2) is 10.3. The van der Waals surface area contributed by atoms with Gasteiger partial charge in [0.2, 0.25) is 0 Å². The molecular formula is C41H27N3O. The lowest BCUT2D eigenvalue weighted by Crippen LogP contribution is -2.09. The van der Waals surface area contributed by atoms with Crippen molar-refractivity contribution in [3.8, 4) is 39.7 Å². The molecule has 0 bridgehead atoms. The van der Waals surface area contributed by atoms with Gasteiger partial charge in [-0.05, 0) is 51.2 Å². The van der Waals surface area contributed by atoms with Crippen LogP contribution in [0.5, 0.6) is 5.75 Å². The summed E-state index contributed by atoms with van der Waals surface area (Å²) < 4.78 is 6.55. The van der Waals surface area contributed by atoms with E-state index in [1.807, 2.05) is 36.4 Å². The lowest BCUT2D eigenvalue weighted by molar-refractivity contribution is 0.263. The molecule has 4 nitrogen and oxygen atoms in total. The van der Waals surface area contributed by atoms with Gasteiger partial charge in [0, 0.05) is 27.6 Å². The van der Waals surface area contributed by atoms with Crippen molar-refractivity contribution < 1.29 is 4.74 Å². The summed E-state index contributed by atoms with van der Waals surface area (Å²) in [4.78, 5) is 10.2. The molecule has 4 heteroatoms. The Bertz CT molecular complexity index is 2390. The van der Waals surface area contributed by atoms with Crippen LogP contribution >= 0.6 is 0 Å². The fourth-order valence-electron chi connectivity index (χ4n) is 6.40. The molecule has 1 N–H and O–H groups in total. The molecule has 45 heavy (non-hydrogen) atoms. The second-order valence-corrected chi connectivity index (χ2v) is 11.5. The average Bonchev–Trinajstić information content (AvgIpc) is 3.56. The lowest BCUT2D eigenvalue weighted by Gasteiger charge is -2.13. The zero-order chi connectivity index (χ0) is 29.7. The maximum Gasteiger partial charge on any atom is 0.196 e. The highest BCUT2D eigenvalue weighted by atomic mass is 16.5. The lowest BCUT2D eigenvalue weighted by atomic mass is 9.98. The first kappa shape index (κ1) is 25.5. The van der Waals surface area contributed by atoms with E-state index in [0.717, 1.165) is 66.6 Å². The highest BCUT2D eigenvalue weighted by molar-refractivity contribution is 6.13. The van der Waals surface area contributed by atoms with Crippen molar-refractivity contribution >= 4 is 38.0 Å². The monoisotopic (exact) mass is 577 g/mol. The summed E-state index contributed by atoms with van der Waals surface area (Å²) in [5.41, 5.74) is 6.99. The van der Waals surface area contributed by atoms with Crippen LogP contribution in [0, 0.1) is 0 Å². The van der Waals surface area contributed by atoms with Gasteiger partial charge in [0.15, 0.2) is 17.8 Å². The summed E-state index contributed by atoms with van der Waals surface area (Å²) in [6.45, 7) is 0. The summed E-state index contributed by atoms with van der Waals surface area (Å²) in [7, 11) is 0. The molecule has 9 rings (SSSR count). The Morgan fingerprint density at radius 2 is 1.13 bits per heavy atom. The van der Waals surface area contributed by atoms with Crippen molar-refractivity contribution in [2.75, 3.05) is 5.32 Å². The Morgan fingerprint density at radius 1 is 0.489 bits per heavy atom. The minimum Gasteiger partial charge on any atom is -0.464 e. The Balaban J connectivity index is 1.18. The molecule has 0 saturated heterocycles. The predicted octanol–water partition coefficient (Wildman–Crippen LogP) is 10.4. The fraction of sp³-hybridized carbons (Fsp3) is 0.0244.